The normalized spacial score (nSPS) is 15.0. The van der Waals surface area contributed by atoms with Gasteiger partial charge in [0.05, 0.1) is 12.1 Å². The van der Waals surface area contributed by atoms with Crippen molar-refractivity contribution in [1.29, 1.82) is 0 Å². The van der Waals surface area contributed by atoms with Crippen molar-refractivity contribution in [2.75, 3.05) is 39.8 Å². The highest BCUT2D eigenvalue weighted by Gasteiger charge is 2.20. The molecule has 1 aliphatic heterocycles. The Morgan fingerprint density at radius 3 is 2.65 bits per heavy atom. The Bertz CT molecular complexity index is 480. The number of hydrogen-bond acceptors (Lipinski definition) is 4. The molecule has 0 saturated carbocycles. The van der Waals surface area contributed by atoms with Crippen LogP contribution in [0.25, 0.3) is 0 Å². The van der Waals surface area contributed by atoms with Crippen LogP contribution in [-0.2, 0) is 4.79 Å². The zero-order valence-electron chi connectivity index (χ0n) is 11.9. The van der Waals surface area contributed by atoms with Crippen LogP contribution in [0.5, 0.6) is 0 Å². The molecule has 0 aliphatic carbocycles. The van der Waals surface area contributed by atoms with Gasteiger partial charge in [-0.15, -0.1) is 0 Å². The number of carbonyl (C=O) groups excluding carboxylic acids is 2. The first kappa shape index (κ1) is 14.5. The maximum absolute atomic E-state index is 12.2. The summed E-state index contributed by atoms with van der Waals surface area (Å²) in [5.41, 5.74) is 1.37. The molecule has 108 valence electrons. The van der Waals surface area contributed by atoms with Gasteiger partial charge in [-0.1, -0.05) is 0 Å². The summed E-state index contributed by atoms with van der Waals surface area (Å²) < 4.78 is 0. The van der Waals surface area contributed by atoms with Crippen LogP contribution in [0.4, 0.5) is 0 Å². The summed E-state index contributed by atoms with van der Waals surface area (Å²) in [6.45, 7) is 5.00. The number of aromatic nitrogens is 1. The van der Waals surface area contributed by atoms with Crippen LogP contribution in [0.2, 0.25) is 0 Å². The van der Waals surface area contributed by atoms with Crippen LogP contribution in [0, 0.1) is 6.92 Å². The lowest BCUT2D eigenvalue weighted by molar-refractivity contribution is -0.132. The first-order chi connectivity index (χ1) is 9.58. The highest BCUT2D eigenvalue weighted by Crippen LogP contribution is 2.04. The summed E-state index contributed by atoms with van der Waals surface area (Å²) in [6.07, 6.45) is 1.55. The van der Waals surface area contributed by atoms with Gasteiger partial charge >= 0.3 is 0 Å². The molecule has 1 N–H and O–H groups in total. The molecule has 20 heavy (non-hydrogen) atoms. The third-order valence-corrected chi connectivity index (χ3v) is 3.35. The molecule has 6 nitrogen and oxygen atoms in total. The Labute approximate surface area is 118 Å². The highest BCUT2D eigenvalue weighted by molar-refractivity contribution is 5.96. The Morgan fingerprint density at radius 2 is 2.05 bits per heavy atom. The minimum absolute atomic E-state index is 0.0116. The summed E-state index contributed by atoms with van der Waals surface area (Å²) in [5.74, 6) is -0.191. The Kier molecular flexibility index (Phi) is 4.68. The van der Waals surface area contributed by atoms with E-state index in [9.17, 15) is 9.59 Å². The standard InChI is InChI=1S/C14H20N4O2/c1-11-3-4-12(9-16-11)14(20)17(2)10-13(19)18-7-5-15-6-8-18/h3-4,9,15H,5-8,10H2,1-2H3. The molecule has 1 aromatic rings. The summed E-state index contributed by atoms with van der Waals surface area (Å²) in [4.78, 5) is 31.6. The maximum Gasteiger partial charge on any atom is 0.255 e. The predicted molar refractivity (Wildman–Crippen MR) is 75.4 cm³/mol. The molecule has 0 aromatic carbocycles. The number of nitrogens with one attached hydrogen (secondary N) is 1. The molecule has 0 unspecified atom stereocenters. The minimum atomic E-state index is -0.180. The van der Waals surface area contributed by atoms with E-state index in [1.165, 1.54) is 4.90 Å². The van der Waals surface area contributed by atoms with Crippen molar-refractivity contribution < 1.29 is 9.59 Å². The average molecular weight is 276 g/mol. The number of hydrogen-bond donors (Lipinski definition) is 1. The lowest BCUT2D eigenvalue weighted by Crippen LogP contribution is -2.49. The van der Waals surface area contributed by atoms with Crippen molar-refractivity contribution in [3.63, 3.8) is 0 Å². The molecule has 6 heteroatoms. The molecule has 2 amide bonds. The molecule has 0 atom stereocenters. The second-order valence-corrected chi connectivity index (χ2v) is 4.98. The zero-order valence-corrected chi connectivity index (χ0v) is 11.9. The van der Waals surface area contributed by atoms with Crippen LogP contribution in [0.1, 0.15) is 16.1 Å². The van der Waals surface area contributed by atoms with Crippen LogP contribution in [-0.4, -0.2) is 66.4 Å². The first-order valence-electron chi connectivity index (χ1n) is 6.74. The van der Waals surface area contributed by atoms with Gasteiger partial charge < -0.3 is 15.1 Å². The molecule has 1 aromatic heterocycles. The fraction of sp³-hybridized carbons (Fsp3) is 0.500. The largest absolute Gasteiger partial charge is 0.339 e. The van der Waals surface area contributed by atoms with Gasteiger partial charge in [-0.2, -0.15) is 0 Å². The van der Waals surface area contributed by atoms with Gasteiger partial charge in [0.1, 0.15) is 0 Å². The predicted octanol–water partition coefficient (Wildman–Crippen LogP) is -0.106. The van der Waals surface area contributed by atoms with Gasteiger partial charge in [0, 0.05) is 45.1 Å². The molecular formula is C14H20N4O2. The van der Waals surface area contributed by atoms with E-state index in [4.69, 9.17) is 0 Å². The zero-order chi connectivity index (χ0) is 14.5. The van der Waals surface area contributed by atoms with E-state index in [1.807, 2.05) is 6.92 Å². The SMILES string of the molecule is Cc1ccc(C(=O)N(C)CC(=O)N2CCNCC2)cn1. The summed E-state index contributed by atoms with van der Waals surface area (Å²) in [5, 5.41) is 3.19. The Morgan fingerprint density at radius 1 is 1.35 bits per heavy atom. The third kappa shape index (κ3) is 3.54. The number of pyridine rings is 1. The fourth-order valence-corrected chi connectivity index (χ4v) is 2.10. The van der Waals surface area contributed by atoms with E-state index in [0.29, 0.717) is 18.7 Å². The molecule has 1 saturated heterocycles. The minimum Gasteiger partial charge on any atom is -0.339 e. The maximum atomic E-state index is 12.2. The molecular weight excluding hydrogens is 256 g/mol. The topological polar surface area (TPSA) is 65.5 Å². The first-order valence-corrected chi connectivity index (χ1v) is 6.74. The van der Waals surface area contributed by atoms with Gasteiger partial charge in [0.15, 0.2) is 0 Å². The van der Waals surface area contributed by atoms with Crippen molar-refractivity contribution in [2.24, 2.45) is 0 Å². The number of amides is 2. The third-order valence-electron chi connectivity index (χ3n) is 3.35. The van der Waals surface area contributed by atoms with Crippen molar-refractivity contribution >= 4 is 11.8 Å². The number of likely N-dealkylation sites (N-methyl/N-ethyl adjacent to an activating group) is 1. The highest BCUT2D eigenvalue weighted by atomic mass is 16.2. The summed E-state index contributed by atoms with van der Waals surface area (Å²) in [7, 11) is 1.64. The number of piperazine rings is 1. The van der Waals surface area contributed by atoms with Crippen LogP contribution in [0.15, 0.2) is 18.3 Å². The second kappa shape index (κ2) is 6.47. The lowest BCUT2D eigenvalue weighted by atomic mass is 10.2. The second-order valence-electron chi connectivity index (χ2n) is 4.98. The number of rotatable bonds is 3. The van der Waals surface area contributed by atoms with Gasteiger partial charge in [-0.25, -0.2) is 0 Å². The van der Waals surface area contributed by atoms with Crippen LogP contribution < -0.4 is 5.32 Å². The van der Waals surface area contributed by atoms with E-state index in [2.05, 4.69) is 10.3 Å². The molecule has 2 heterocycles. The van der Waals surface area contributed by atoms with E-state index in [-0.39, 0.29) is 18.4 Å². The monoisotopic (exact) mass is 276 g/mol. The van der Waals surface area contributed by atoms with E-state index < -0.39 is 0 Å². The van der Waals surface area contributed by atoms with E-state index in [0.717, 1.165) is 18.8 Å². The molecule has 0 bridgehead atoms. The summed E-state index contributed by atoms with van der Waals surface area (Å²) >= 11 is 0. The number of aryl methyl sites for hydroxylation is 1. The molecule has 0 radical (unpaired) electrons. The molecule has 1 fully saturated rings. The van der Waals surface area contributed by atoms with Crippen LogP contribution in [0.3, 0.4) is 0 Å². The van der Waals surface area contributed by atoms with Crippen molar-refractivity contribution in [3.8, 4) is 0 Å². The van der Waals surface area contributed by atoms with Crippen molar-refractivity contribution in [3.05, 3.63) is 29.6 Å². The van der Waals surface area contributed by atoms with Gasteiger partial charge in [-0.3, -0.25) is 14.6 Å². The lowest BCUT2D eigenvalue weighted by Gasteiger charge is -2.29. The van der Waals surface area contributed by atoms with Crippen molar-refractivity contribution in [2.45, 2.75) is 6.92 Å². The van der Waals surface area contributed by atoms with Crippen molar-refractivity contribution in [1.82, 2.24) is 20.1 Å². The molecule has 2 rings (SSSR count). The van der Waals surface area contributed by atoms with Gasteiger partial charge in [0.25, 0.3) is 5.91 Å². The fourth-order valence-electron chi connectivity index (χ4n) is 2.10. The quantitative estimate of drug-likeness (QED) is 0.837. The van der Waals surface area contributed by atoms with Gasteiger partial charge in [-0.05, 0) is 19.1 Å². The Balaban J connectivity index is 1.93. The smallest absolute Gasteiger partial charge is 0.255 e. The average Bonchev–Trinajstić information content (AvgIpc) is 2.48. The molecule has 0 spiro atoms. The Hall–Kier alpha value is -1.95. The number of nitrogens with zero attached hydrogens (tertiary/aromatic N) is 3. The number of carbonyl (C=O) groups is 2. The molecule has 1 aliphatic rings. The summed E-state index contributed by atoms with van der Waals surface area (Å²) in [6, 6.07) is 3.52. The van der Waals surface area contributed by atoms with E-state index in [1.54, 1.807) is 30.3 Å². The van der Waals surface area contributed by atoms with E-state index >= 15 is 0 Å². The van der Waals surface area contributed by atoms with Gasteiger partial charge in [0.2, 0.25) is 5.91 Å². The van der Waals surface area contributed by atoms with Crippen LogP contribution >= 0.6 is 0 Å².